The molecule has 1 saturated carbocycles. The maximum absolute atomic E-state index is 12.4. The Kier molecular flexibility index (Phi) is 3.80. The van der Waals surface area contributed by atoms with Crippen LogP contribution in [0.1, 0.15) is 36.9 Å². The van der Waals surface area contributed by atoms with Gasteiger partial charge in [0.2, 0.25) is 0 Å². The van der Waals surface area contributed by atoms with Crippen molar-refractivity contribution in [3.05, 3.63) is 17.3 Å². The Morgan fingerprint density at radius 2 is 2.10 bits per heavy atom. The molecule has 1 N–H and O–H groups in total. The normalized spacial score (nSPS) is 20.8. The molecule has 0 radical (unpaired) electrons. The molecule has 1 aromatic rings. The molecule has 1 aliphatic carbocycles. The Hall–Kier alpha value is -1.69. The van der Waals surface area contributed by atoms with E-state index in [2.05, 4.69) is 15.5 Å². The molecule has 0 atom stereocenters. The fraction of sp³-hybridized carbons (Fsp3) is 0.667. The molecule has 1 saturated heterocycles. The van der Waals surface area contributed by atoms with Crippen LogP contribution in [0.25, 0.3) is 0 Å². The molecule has 114 valence electrons. The van der Waals surface area contributed by atoms with E-state index in [0.717, 1.165) is 24.1 Å². The van der Waals surface area contributed by atoms with Crippen molar-refractivity contribution >= 4 is 11.8 Å². The Morgan fingerprint density at radius 1 is 1.33 bits per heavy atom. The van der Waals surface area contributed by atoms with Gasteiger partial charge in [0.1, 0.15) is 0 Å². The standard InChI is InChI=1S/C15H22N4O2/c1-11-9-13(18-17-12(11)2)16-14(20)19-7-8-21-15(10-19)5-3-4-6-15/h9H,3-8,10H2,1-2H3,(H,16,18,20). The van der Waals surface area contributed by atoms with Crippen molar-refractivity contribution in [2.75, 3.05) is 25.0 Å². The number of hydrogen-bond acceptors (Lipinski definition) is 4. The number of hydrogen-bond donors (Lipinski definition) is 1. The third-order valence-electron chi connectivity index (χ3n) is 4.52. The van der Waals surface area contributed by atoms with Crippen molar-refractivity contribution in [3.63, 3.8) is 0 Å². The largest absolute Gasteiger partial charge is 0.371 e. The van der Waals surface area contributed by atoms with Gasteiger partial charge in [-0.3, -0.25) is 5.32 Å². The number of anilines is 1. The first-order chi connectivity index (χ1) is 10.1. The minimum atomic E-state index is -0.109. The van der Waals surface area contributed by atoms with Crippen LogP contribution in [-0.2, 0) is 4.74 Å². The fourth-order valence-electron chi connectivity index (χ4n) is 3.14. The van der Waals surface area contributed by atoms with E-state index >= 15 is 0 Å². The van der Waals surface area contributed by atoms with E-state index in [1.165, 1.54) is 12.8 Å². The van der Waals surface area contributed by atoms with E-state index in [1.807, 2.05) is 24.8 Å². The van der Waals surface area contributed by atoms with Gasteiger partial charge in [-0.15, -0.1) is 5.10 Å². The number of rotatable bonds is 1. The van der Waals surface area contributed by atoms with Crippen molar-refractivity contribution in [2.24, 2.45) is 0 Å². The summed E-state index contributed by atoms with van der Waals surface area (Å²) in [5.74, 6) is 0.509. The predicted octanol–water partition coefficient (Wildman–Crippen LogP) is 2.27. The smallest absolute Gasteiger partial charge is 0.323 e. The van der Waals surface area contributed by atoms with Crippen molar-refractivity contribution in [1.29, 1.82) is 0 Å². The van der Waals surface area contributed by atoms with Crippen LogP contribution >= 0.6 is 0 Å². The van der Waals surface area contributed by atoms with Gasteiger partial charge in [0, 0.05) is 6.54 Å². The number of aryl methyl sites for hydroxylation is 2. The second-order valence-corrected chi connectivity index (χ2v) is 6.09. The van der Waals surface area contributed by atoms with Gasteiger partial charge in [-0.2, -0.15) is 5.10 Å². The number of amides is 2. The summed E-state index contributed by atoms with van der Waals surface area (Å²) < 4.78 is 5.94. The molecule has 6 nitrogen and oxygen atoms in total. The summed E-state index contributed by atoms with van der Waals surface area (Å²) in [5, 5.41) is 10.9. The fourth-order valence-corrected chi connectivity index (χ4v) is 3.14. The Morgan fingerprint density at radius 3 is 2.81 bits per heavy atom. The first-order valence-corrected chi connectivity index (χ1v) is 7.59. The predicted molar refractivity (Wildman–Crippen MR) is 79.2 cm³/mol. The number of aromatic nitrogens is 2. The van der Waals surface area contributed by atoms with Gasteiger partial charge in [-0.25, -0.2) is 4.79 Å². The summed E-state index contributed by atoms with van der Waals surface area (Å²) in [5.41, 5.74) is 1.80. The average Bonchev–Trinajstić information content (AvgIpc) is 2.91. The Bertz CT molecular complexity index is 540. The van der Waals surface area contributed by atoms with E-state index in [-0.39, 0.29) is 11.6 Å². The molecule has 2 amide bonds. The zero-order valence-electron chi connectivity index (χ0n) is 12.7. The molecule has 6 heteroatoms. The number of carbonyl (C=O) groups excluding carboxylic acids is 1. The monoisotopic (exact) mass is 290 g/mol. The average molecular weight is 290 g/mol. The molecule has 2 heterocycles. The summed E-state index contributed by atoms with van der Waals surface area (Å²) in [7, 11) is 0. The van der Waals surface area contributed by atoms with E-state index in [0.29, 0.717) is 25.5 Å². The Labute approximate surface area is 124 Å². The van der Waals surface area contributed by atoms with Crippen LogP contribution in [0.3, 0.4) is 0 Å². The lowest BCUT2D eigenvalue weighted by atomic mass is 10.00. The van der Waals surface area contributed by atoms with Gasteiger partial charge in [-0.05, 0) is 38.3 Å². The summed E-state index contributed by atoms with van der Waals surface area (Å²) in [4.78, 5) is 14.2. The maximum Gasteiger partial charge on any atom is 0.323 e. The second-order valence-electron chi connectivity index (χ2n) is 6.09. The molecular weight excluding hydrogens is 268 g/mol. The van der Waals surface area contributed by atoms with Crippen LogP contribution in [0.2, 0.25) is 0 Å². The quantitative estimate of drug-likeness (QED) is 0.861. The highest BCUT2D eigenvalue weighted by Crippen LogP contribution is 2.35. The van der Waals surface area contributed by atoms with Crippen molar-refractivity contribution in [3.8, 4) is 0 Å². The van der Waals surface area contributed by atoms with Gasteiger partial charge in [0.15, 0.2) is 5.82 Å². The number of nitrogens with zero attached hydrogens (tertiary/aromatic N) is 3. The minimum absolute atomic E-state index is 0.107. The van der Waals surface area contributed by atoms with E-state index in [4.69, 9.17) is 4.74 Å². The molecule has 0 bridgehead atoms. The summed E-state index contributed by atoms with van der Waals surface area (Å²) in [6, 6.07) is 1.74. The van der Waals surface area contributed by atoms with Crippen molar-refractivity contribution in [1.82, 2.24) is 15.1 Å². The van der Waals surface area contributed by atoms with E-state index < -0.39 is 0 Å². The van der Waals surface area contributed by atoms with Gasteiger partial charge >= 0.3 is 6.03 Å². The Balaban J connectivity index is 1.65. The van der Waals surface area contributed by atoms with Crippen LogP contribution in [-0.4, -0.2) is 46.4 Å². The third-order valence-corrected chi connectivity index (χ3v) is 4.52. The highest BCUT2D eigenvalue weighted by molar-refractivity contribution is 5.88. The molecule has 3 rings (SSSR count). The summed E-state index contributed by atoms with van der Waals surface area (Å²) >= 11 is 0. The number of morpholine rings is 1. The van der Waals surface area contributed by atoms with Crippen molar-refractivity contribution < 1.29 is 9.53 Å². The highest BCUT2D eigenvalue weighted by atomic mass is 16.5. The molecule has 2 aliphatic rings. The lowest BCUT2D eigenvalue weighted by molar-refractivity contribution is -0.0914. The minimum Gasteiger partial charge on any atom is -0.371 e. The molecular formula is C15H22N4O2. The summed E-state index contributed by atoms with van der Waals surface area (Å²) in [6.45, 7) is 5.79. The summed E-state index contributed by atoms with van der Waals surface area (Å²) in [6.07, 6.45) is 4.50. The van der Waals surface area contributed by atoms with E-state index in [9.17, 15) is 4.79 Å². The van der Waals surface area contributed by atoms with Gasteiger partial charge in [0.05, 0.1) is 24.4 Å². The maximum atomic E-state index is 12.4. The molecule has 1 aliphatic heterocycles. The highest BCUT2D eigenvalue weighted by Gasteiger charge is 2.40. The van der Waals surface area contributed by atoms with Gasteiger partial charge < -0.3 is 9.64 Å². The van der Waals surface area contributed by atoms with Crippen molar-refractivity contribution in [2.45, 2.75) is 45.1 Å². The third kappa shape index (κ3) is 3.00. The zero-order chi connectivity index (χ0) is 14.9. The van der Waals surface area contributed by atoms with Gasteiger partial charge in [0.25, 0.3) is 0 Å². The first kappa shape index (κ1) is 14.3. The number of ether oxygens (including phenoxy) is 1. The van der Waals surface area contributed by atoms with Crippen LogP contribution < -0.4 is 5.32 Å². The number of carbonyl (C=O) groups is 1. The lowest BCUT2D eigenvalue weighted by Gasteiger charge is -2.40. The zero-order valence-corrected chi connectivity index (χ0v) is 12.7. The molecule has 21 heavy (non-hydrogen) atoms. The number of nitrogens with one attached hydrogen (secondary N) is 1. The lowest BCUT2D eigenvalue weighted by Crippen LogP contribution is -2.53. The topological polar surface area (TPSA) is 67.4 Å². The first-order valence-electron chi connectivity index (χ1n) is 7.59. The van der Waals surface area contributed by atoms with E-state index in [1.54, 1.807) is 0 Å². The van der Waals surface area contributed by atoms with Crippen LogP contribution in [0.5, 0.6) is 0 Å². The van der Waals surface area contributed by atoms with Crippen LogP contribution in [0, 0.1) is 13.8 Å². The molecule has 0 unspecified atom stereocenters. The molecule has 0 aromatic carbocycles. The number of urea groups is 1. The molecule has 1 aromatic heterocycles. The van der Waals surface area contributed by atoms with Gasteiger partial charge in [-0.1, -0.05) is 12.8 Å². The van der Waals surface area contributed by atoms with Crippen LogP contribution in [0.4, 0.5) is 10.6 Å². The second kappa shape index (κ2) is 5.60. The molecule has 1 spiro atoms. The van der Waals surface area contributed by atoms with Crippen LogP contribution in [0.15, 0.2) is 6.07 Å². The SMILES string of the molecule is Cc1cc(NC(=O)N2CCOC3(CCCC3)C2)nnc1C. The molecule has 2 fully saturated rings.